The number of halogens is 1. The molecule has 1 fully saturated rings. The zero-order valence-electron chi connectivity index (χ0n) is 11.5. The highest BCUT2D eigenvalue weighted by Crippen LogP contribution is 2.25. The highest BCUT2D eigenvalue weighted by Gasteiger charge is 2.29. The first-order chi connectivity index (χ1) is 9.11. The lowest BCUT2D eigenvalue weighted by Gasteiger charge is -2.33. The molecule has 1 aromatic heterocycles. The molecule has 0 saturated carbocycles. The van der Waals surface area contributed by atoms with E-state index in [0.717, 1.165) is 25.6 Å². The molecule has 19 heavy (non-hydrogen) atoms. The molecule has 1 N–H and O–H groups in total. The number of piperidine rings is 1. The third-order valence-corrected chi connectivity index (χ3v) is 4.12. The second kappa shape index (κ2) is 6.24. The summed E-state index contributed by atoms with van der Waals surface area (Å²) in [4.78, 5) is 16.2. The molecule has 0 amide bonds. The van der Waals surface area contributed by atoms with E-state index in [4.69, 9.17) is 0 Å². The Hall–Kier alpha value is -1.29. The average Bonchev–Trinajstić information content (AvgIpc) is 2.46. The first kappa shape index (κ1) is 14.1. The number of nitrogens with one attached hydrogen (secondary N) is 1. The second-order valence-electron chi connectivity index (χ2n) is 5.37. The molecule has 1 aromatic rings. The topological polar surface area (TPSA) is 42.0 Å². The molecule has 0 bridgehead atoms. The fraction of sp³-hybridized carbons (Fsp3) is 0.600. The van der Waals surface area contributed by atoms with Crippen LogP contribution in [-0.4, -0.2) is 23.4 Å². The van der Waals surface area contributed by atoms with Crippen LogP contribution in [-0.2, 0) is 0 Å². The van der Waals surface area contributed by atoms with Crippen LogP contribution in [0.2, 0.25) is 0 Å². The normalized spacial score (nSPS) is 25.0. The SMILES string of the molecule is CCC1CCNC(C(C)C(=O)c2ccc(F)cn2)C1. The first-order valence-electron chi connectivity index (χ1n) is 7.01. The van der Waals surface area contributed by atoms with E-state index >= 15 is 0 Å². The Labute approximate surface area is 113 Å². The fourth-order valence-electron chi connectivity index (χ4n) is 2.72. The number of Topliss-reactive ketones (excluding diaryl/α,β-unsaturated/α-hetero) is 1. The number of hydrogen-bond donors (Lipinski definition) is 1. The zero-order chi connectivity index (χ0) is 13.8. The lowest BCUT2D eigenvalue weighted by Crippen LogP contribution is -2.44. The minimum atomic E-state index is -0.411. The summed E-state index contributed by atoms with van der Waals surface area (Å²) >= 11 is 0. The van der Waals surface area contributed by atoms with Gasteiger partial charge in [-0.1, -0.05) is 20.3 Å². The van der Waals surface area contributed by atoms with Crippen molar-refractivity contribution in [1.82, 2.24) is 10.3 Å². The van der Waals surface area contributed by atoms with Crippen LogP contribution >= 0.6 is 0 Å². The van der Waals surface area contributed by atoms with E-state index in [-0.39, 0.29) is 17.7 Å². The molecule has 1 aliphatic rings. The standard InChI is InChI=1S/C15H21FN2O/c1-3-11-6-7-17-14(8-11)10(2)15(19)13-5-4-12(16)9-18-13/h4-5,9-11,14,17H,3,6-8H2,1-2H3. The van der Waals surface area contributed by atoms with Gasteiger partial charge in [0.25, 0.3) is 0 Å². The average molecular weight is 264 g/mol. The summed E-state index contributed by atoms with van der Waals surface area (Å²) in [7, 11) is 0. The van der Waals surface area contributed by atoms with E-state index in [9.17, 15) is 9.18 Å². The Morgan fingerprint density at radius 2 is 2.37 bits per heavy atom. The molecule has 0 radical (unpaired) electrons. The van der Waals surface area contributed by atoms with Gasteiger partial charge >= 0.3 is 0 Å². The van der Waals surface area contributed by atoms with Gasteiger partial charge in [0, 0.05) is 12.0 Å². The molecule has 104 valence electrons. The van der Waals surface area contributed by atoms with E-state index in [1.807, 2.05) is 6.92 Å². The summed E-state index contributed by atoms with van der Waals surface area (Å²) in [6.45, 7) is 5.10. The summed E-state index contributed by atoms with van der Waals surface area (Å²) in [6.07, 6.45) is 4.48. The second-order valence-corrected chi connectivity index (χ2v) is 5.37. The van der Waals surface area contributed by atoms with E-state index in [0.29, 0.717) is 11.6 Å². The molecule has 2 rings (SSSR count). The van der Waals surface area contributed by atoms with Crippen molar-refractivity contribution in [2.24, 2.45) is 11.8 Å². The molecule has 3 unspecified atom stereocenters. The lowest BCUT2D eigenvalue weighted by atomic mass is 9.83. The predicted octanol–water partition coefficient (Wildman–Crippen LogP) is 2.82. The predicted molar refractivity (Wildman–Crippen MR) is 72.5 cm³/mol. The molecule has 0 aromatic carbocycles. The van der Waals surface area contributed by atoms with Gasteiger partial charge in [-0.25, -0.2) is 4.39 Å². The highest BCUT2D eigenvalue weighted by molar-refractivity contribution is 5.96. The molecule has 2 heterocycles. The first-order valence-corrected chi connectivity index (χ1v) is 7.01. The van der Waals surface area contributed by atoms with Crippen LogP contribution in [0, 0.1) is 17.7 Å². The number of carbonyl (C=O) groups excluding carboxylic acids is 1. The molecular weight excluding hydrogens is 243 g/mol. The number of nitrogens with zero attached hydrogens (tertiary/aromatic N) is 1. The number of hydrogen-bond acceptors (Lipinski definition) is 3. The van der Waals surface area contributed by atoms with Crippen molar-refractivity contribution >= 4 is 5.78 Å². The maximum atomic E-state index is 12.8. The van der Waals surface area contributed by atoms with E-state index < -0.39 is 5.82 Å². The van der Waals surface area contributed by atoms with Crippen molar-refractivity contribution < 1.29 is 9.18 Å². The number of aromatic nitrogens is 1. The smallest absolute Gasteiger partial charge is 0.185 e. The number of ketones is 1. The van der Waals surface area contributed by atoms with Gasteiger partial charge in [0.15, 0.2) is 5.78 Å². The van der Waals surface area contributed by atoms with Crippen molar-refractivity contribution in [3.8, 4) is 0 Å². The quantitative estimate of drug-likeness (QED) is 0.850. The molecule has 1 aliphatic heterocycles. The largest absolute Gasteiger partial charge is 0.313 e. The van der Waals surface area contributed by atoms with Crippen LogP contribution < -0.4 is 5.32 Å². The van der Waals surface area contributed by atoms with Crippen LogP contribution in [0.25, 0.3) is 0 Å². The summed E-state index contributed by atoms with van der Waals surface area (Å²) in [5.41, 5.74) is 0.356. The molecule has 4 heteroatoms. The monoisotopic (exact) mass is 264 g/mol. The number of carbonyl (C=O) groups is 1. The van der Waals surface area contributed by atoms with Crippen molar-refractivity contribution in [1.29, 1.82) is 0 Å². The Bertz CT molecular complexity index is 432. The van der Waals surface area contributed by atoms with E-state index in [1.165, 1.54) is 18.6 Å². The van der Waals surface area contributed by atoms with Crippen molar-refractivity contribution in [3.05, 3.63) is 29.8 Å². The van der Waals surface area contributed by atoms with Crippen molar-refractivity contribution in [3.63, 3.8) is 0 Å². The van der Waals surface area contributed by atoms with E-state index in [2.05, 4.69) is 17.2 Å². The Kier molecular flexibility index (Phi) is 4.64. The fourth-order valence-corrected chi connectivity index (χ4v) is 2.72. The van der Waals surface area contributed by atoms with Gasteiger partial charge in [-0.15, -0.1) is 0 Å². The van der Waals surface area contributed by atoms with Gasteiger partial charge in [0.2, 0.25) is 0 Å². The Balaban J connectivity index is 2.04. The minimum Gasteiger partial charge on any atom is -0.313 e. The van der Waals surface area contributed by atoms with Crippen LogP contribution in [0.15, 0.2) is 18.3 Å². The molecular formula is C15H21FN2O. The van der Waals surface area contributed by atoms with Gasteiger partial charge in [0.05, 0.1) is 6.20 Å². The third-order valence-electron chi connectivity index (χ3n) is 4.12. The maximum Gasteiger partial charge on any atom is 0.185 e. The van der Waals surface area contributed by atoms with Gasteiger partial charge in [-0.05, 0) is 37.4 Å². The van der Waals surface area contributed by atoms with Gasteiger partial charge in [0.1, 0.15) is 11.5 Å². The van der Waals surface area contributed by atoms with Crippen molar-refractivity contribution in [2.45, 2.75) is 39.2 Å². The maximum absolute atomic E-state index is 12.8. The van der Waals surface area contributed by atoms with Crippen LogP contribution in [0.1, 0.15) is 43.6 Å². The van der Waals surface area contributed by atoms with Crippen LogP contribution in [0.5, 0.6) is 0 Å². The minimum absolute atomic E-state index is 0.00532. The zero-order valence-corrected chi connectivity index (χ0v) is 11.5. The lowest BCUT2D eigenvalue weighted by molar-refractivity contribution is 0.0873. The Morgan fingerprint density at radius 1 is 1.58 bits per heavy atom. The highest BCUT2D eigenvalue weighted by atomic mass is 19.1. The number of rotatable bonds is 4. The molecule has 0 aliphatic carbocycles. The summed E-state index contributed by atoms with van der Waals surface area (Å²) in [5, 5.41) is 3.42. The van der Waals surface area contributed by atoms with E-state index in [1.54, 1.807) is 0 Å². The third kappa shape index (κ3) is 3.38. The van der Waals surface area contributed by atoms with Gasteiger partial charge < -0.3 is 5.32 Å². The molecule has 1 saturated heterocycles. The summed E-state index contributed by atoms with van der Waals surface area (Å²) in [5.74, 6) is 0.162. The van der Waals surface area contributed by atoms with Crippen LogP contribution in [0.3, 0.4) is 0 Å². The molecule has 3 atom stereocenters. The van der Waals surface area contributed by atoms with Crippen LogP contribution in [0.4, 0.5) is 4.39 Å². The molecule has 3 nitrogen and oxygen atoms in total. The summed E-state index contributed by atoms with van der Waals surface area (Å²) < 4.78 is 12.8. The molecule has 0 spiro atoms. The van der Waals surface area contributed by atoms with Crippen molar-refractivity contribution in [2.75, 3.05) is 6.54 Å². The summed E-state index contributed by atoms with van der Waals surface area (Å²) in [6, 6.07) is 2.96. The van der Waals surface area contributed by atoms with Gasteiger partial charge in [-0.2, -0.15) is 0 Å². The van der Waals surface area contributed by atoms with Gasteiger partial charge in [-0.3, -0.25) is 9.78 Å². The number of pyridine rings is 1. The Morgan fingerprint density at radius 3 is 3.00 bits per heavy atom.